The van der Waals surface area contributed by atoms with E-state index in [1.54, 1.807) is 19.3 Å². The summed E-state index contributed by atoms with van der Waals surface area (Å²) in [5.74, 6) is 0. The fraction of sp³-hybridized carbons (Fsp3) is 0.167. The van der Waals surface area contributed by atoms with Crippen molar-refractivity contribution in [3.8, 4) is 0 Å². The molecule has 0 rings (SSSR count). The monoisotopic (exact) mass is 95.1 g/mol. The standard InChI is InChI=1S/C6H9N/c1-4-6(2)5-7-3/h4-5H,1-2H2,3H3. The van der Waals surface area contributed by atoms with E-state index in [9.17, 15) is 0 Å². The molecule has 0 saturated carbocycles. The number of hydrogen-bond acceptors (Lipinski definition) is 1. The first kappa shape index (κ1) is 6.15. The highest BCUT2D eigenvalue weighted by atomic mass is 14.6. The Morgan fingerprint density at radius 2 is 2.29 bits per heavy atom. The van der Waals surface area contributed by atoms with Gasteiger partial charge in [0.05, 0.1) is 0 Å². The van der Waals surface area contributed by atoms with Crippen molar-refractivity contribution < 1.29 is 0 Å². The van der Waals surface area contributed by atoms with E-state index in [2.05, 4.69) is 18.2 Å². The van der Waals surface area contributed by atoms with Gasteiger partial charge in [-0.1, -0.05) is 19.2 Å². The predicted octanol–water partition coefficient (Wildman–Crippen LogP) is 1.43. The smallest absolute Gasteiger partial charge is 0.0277 e. The van der Waals surface area contributed by atoms with Gasteiger partial charge in [0.25, 0.3) is 0 Å². The van der Waals surface area contributed by atoms with Crippen molar-refractivity contribution in [3.63, 3.8) is 0 Å². The third kappa shape index (κ3) is 2.97. The summed E-state index contributed by atoms with van der Waals surface area (Å²) in [6.45, 7) is 7.08. The summed E-state index contributed by atoms with van der Waals surface area (Å²) in [5.41, 5.74) is 0.850. The van der Waals surface area contributed by atoms with E-state index in [0.29, 0.717) is 0 Å². The molecular weight excluding hydrogens is 86.1 g/mol. The molecular formula is C6H9N. The van der Waals surface area contributed by atoms with Gasteiger partial charge in [-0.05, 0) is 5.57 Å². The van der Waals surface area contributed by atoms with Crippen molar-refractivity contribution in [1.29, 1.82) is 0 Å². The van der Waals surface area contributed by atoms with Crippen molar-refractivity contribution in [2.24, 2.45) is 4.99 Å². The Morgan fingerprint density at radius 1 is 1.71 bits per heavy atom. The van der Waals surface area contributed by atoms with Gasteiger partial charge < -0.3 is 0 Å². The minimum atomic E-state index is 0.850. The van der Waals surface area contributed by atoms with Crippen LogP contribution in [0.1, 0.15) is 0 Å². The molecule has 0 unspecified atom stereocenters. The third-order valence-electron chi connectivity index (χ3n) is 0.557. The lowest BCUT2D eigenvalue weighted by atomic mass is 10.3. The van der Waals surface area contributed by atoms with E-state index >= 15 is 0 Å². The van der Waals surface area contributed by atoms with Crippen LogP contribution in [-0.4, -0.2) is 13.3 Å². The van der Waals surface area contributed by atoms with Crippen LogP contribution >= 0.6 is 0 Å². The molecule has 0 spiro atoms. The molecule has 7 heavy (non-hydrogen) atoms. The number of allylic oxidation sites excluding steroid dienone is 2. The Hall–Kier alpha value is -0.850. The van der Waals surface area contributed by atoms with Crippen LogP contribution in [-0.2, 0) is 0 Å². The first-order valence-electron chi connectivity index (χ1n) is 2.04. The van der Waals surface area contributed by atoms with Crippen LogP contribution in [0.15, 0.2) is 29.8 Å². The summed E-state index contributed by atoms with van der Waals surface area (Å²) in [6.07, 6.45) is 3.32. The average Bonchev–Trinajstić information content (AvgIpc) is 1.68. The number of aliphatic imine (C=N–C) groups is 1. The molecule has 0 aliphatic heterocycles. The van der Waals surface area contributed by atoms with Crippen LogP contribution in [0.4, 0.5) is 0 Å². The normalized spacial score (nSPS) is 9.29. The SMILES string of the molecule is C=CC(=C)C=NC. The van der Waals surface area contributed by atoms with E-state index in [4.69, 9.17) is 0 Å². The molecule has 0 aliphatic rings. The van der Waals surface area contributed by atoms with E-state index < -0.39 is 0 Å². The molecule has 0 aromatic rings. The number of rotatable bonds is 2. The molecule has 0 bridgehead atoms. The van der Waals surface area contributed by atoms with Crippen molar-refractivity contribution in [2.75, 3.05) is 7.05 Å². The van der Waals surface area contributed by atoms with E-state index in [1.807, 2.05) is 0 Å². The second-order valence-corrected chi connectivity index (χ2v) is 1.17. The highest BCUT2D eigenvalue weighted by Gasteiger charge is 1.70. The maximum atomic E-state index is 3.71. The second-order valence-electron chi connectivity index (χ2n) is 1.17. The first-order valence-corrected chi connectivity index (χ1v) is 2.04. The molecule has 38 valence electrons. The zero-order chi connectivity index (χ0) is 5.70. The van der Waals surface area contributed by atoms with Crippen molar-refractivity contribution in [1.82, 2.24) is 0 Å². The lowest BCUT2D eigenvalue weighted by molar-refractivity contribution is 1.47. The van der Waals surface area contributed by atoms with E-state index in [1.165, 1.54) is 0 Å². The van der Waals surface area contributed by atoms with Gasteiger partial charge in [-0.25, -0.2) is 0 Å². The summed E-state index contributed by atoms with van der Waals surface area (Å²) in [6, 6.07) is 0. The lowest BCUT2D eigenvalue weighted by Gasteiger charge is -1.79. The summed E-state index contributed by atoms with van der Waals surface area (Å²) in [4.78, 5) is 3.71. The van der Waals surface area contributed by atoms with Crippen molar-refractivity contribution in [2.45, 2.75) is 0 Å². The van der Waals surface area contributed by atoms with Gasteiger partial charge >= 0.3 is 0 Å². The molecule has 0 saturated heterocycles. The van der Waals surface area contributed by atoms with E-state index in [-0.39, 0.29) is 0 Å². The third-order valence-corrected chi connectivity index (χ3v) is 0.557. The lowest BCUT2D eigenvalue weighted by Crippen LogP contribution is -1.71. The predicted molar refractivity (Wildman–Crippen MR) is 33.8 cm³/mol. The molecule has 0 fully saturated rings. The molecule has 0 heterocycles. The van der Waals surface area contributed by atoms with Gasteiger partial charge in [-0.2, -0.15) is 0 Å². The van der Waals surface area contributed by atoms with Gasteiger partial charge in [-0.3, -0.25) is 4.99 Å². The Labute approximate surface area is 44.1 Å². The molecule has 1 heteroatoms. The zero-order valence-electron chi connectivity index (χ0n) is 4.52. The topological polar surface area (TPSA) is 12.4 Å². The Morgan fingerprint density at radius 3 is 2.43 bits per heavy atom. The van der Waals surface area contributed by atoms with Gasteiger partial charge in [0, 0.05) is 13.3 Å². The van der Waals surface area contributed by atoms with Crippen LogP contribution < -0.4 is 0 Å². The van der Waals surface area contributed by atoms with Gasteiger partial charge in [-0.15, -0.1) is 0 Å². The maximum Gasteiger partial charge on any atom is 0.0277 e. The summed E-state index contributed by atoms with van der Waals surface area (Å²) in [7, 11) is 1.70. The highest BCUT2D eigenvalue weighted by molar-refractivity contribution is 5.80. The van der Waals surface area contributed by atoms with Crippen LogP contribution in [0.5, 0.6) is 0 Å². The molecule has 0 aromatic heterocycles. The fourth-order valence-electron chi connectivity index (χ4n) is 0.219. The summed E-state index contributed by atoms with van der Waals surface area (Å²) in [5, 5.41) is 0. The molecule has 0 atom stereocenters. The van der Waals surface area contributed by atoms with Crippen LogP contribution in [0, 0.1) is 0 Å². The molecule has 0 aliphatic carbocycles. The highest BCUT2D eigenvalue weighted by Crippen LogP contribution is 1.81. The molecule has 1 nitrogen and oxygen atoms in total. The minimum absolute atomic E-state index is 0.850. The Bertz CT molecular complexity index is 101. The van der Waals surface area contributed by atoms with Gasteiger partial charge in [0.1, 0.15) is 0 Å². The molecule has 0 N–H and O–H groups in total. The Kier molecular flexibility index (Phi) is 2.94. The molecule has 0 radical (unpaired) electrons. The van der Waals surface area contributed by atoms with Crippen LogP contribution in [0.3, 0.4) is 0 Å². The number of hydrogen-bond donors (Lipinski definition) is 0. The first-order chi connectivity index (χ1) is 3.31. The molecule has 0 amide bonds. The molecule has 0 aromatic carbocycles. The van der Waals surface area contributed by atoms with Crippen molar-refractivity contribution >= 4 is 6.21 Å². The Balaban J connectivity index is 3.58. The van der Waals surface area contributed by atoms with Gasteiger partial charge in [0.2, 0.25) is 0 Å². The largest absolute Gasteiger partial charge is 0.296 e. The van der Waals surface area contributed by atoms with E-state index in [0.717, 1.165) is 5.57 Å². The quantitative estimate of drug-likeness (QED) is 0.363. The van der Waals surface area contributed by atoms with Crippen LogP contribution in [0.2, 0.25) is 0 Å². The maximum absolute atomic E-state index is 3.71. The van der Waals surface area contributed by atoms with Crippen molar-refractivity contribution in [3.05, 3.63) is 24.8 Å². The number of nitrogens with zero attached hydrogens (tertiary/aromatic N) is 1. The summed E-state index contributed by atoms with van der Waals surface area (Å²) < 4.78 is 0. The van der Waals surface area contributed by atoms with Gasteiger partial charge in [0.15, 0.2) is 0 Å². The zero-order valence-corrected chi connectivity index (χ0v) is 4.52. The fourth-order valence-corrected chi connectivity index (χ4v) is 0.219. The average molecular weight is 95.1 g/mol. The van der Waals surface area contributed by atoms with Crippen LogP contribution in [0.25, 0.3) is 0 Å². The summed E-state index contributed by atoms with van der Waals surface area (Å²) >= 11 is 0. The minimum Gasteiger partial charge on any atom is -0.296 e. The second kappa shape index (κ2) is 3.34.